The largest absolute Gasteiger partial charge is 0.447 e. The van der Waals surface area contributed by atoms with E-state index in [2.05, 4.69) is 4.98 Å². The zero-order valence-electron chi connectivity index (χ0n) is 7.84. The van der Waals surface area contributed by atoms with Crippen LogP contribution in [0.15, 0.2) is 10.9 Å². The van der Waals surface area contributed by atoms with Crippen molar-refractivity contribution >= 4 is 17.4 Å². The van der Waals surface area contributed by atoms with Crippen molar-refractivity contribution in [1.82, 2.24) is 9.88 Å². The minimum atomic E-state index is -0.452. The molecule has 0 radical (unpaired) electrons. The summed E-state index contributed by atoms with van der Waals surface area (Å²) >= 11 is 1.48. The van der Waals surface area contributed by atoms with Crippen molar-refractivity contribution in [3.05, 3.63) is 16.6 Å². The van der Waals surface area contributed by atoms with Crippen molar-refractivity contribution in [3.63, 3.8) is 0 Å². The van der Waals surface area contributed by atoms with Crippen LogP contribution >= 0.6 is 11.3 Å². The third-order valence-electron chi connectivity index (χ3n) is 1.51. The van der Waals surface area contributed by atoms with Crippen molar-refractivity contribution in [2.45, 2.75) is 6.54 Å². The van der Waals surface area contributed by atoms with Gasteiger partial charge in [0.25, 0.3) is 0 Å². The maximum absolute atomic E-state index is 11.2. The van der Waals surface area contributed by atoms with E-state index >= 15 is 0 Å². The zero-order chi connectivity index (χ0) is 10.4. The van der Waals surface area contributed by atoms with E-state index in [0.717, 1.165) is 5.69 Å². The molecule has 14 heavy (non-hydrogen) atoms. The second kappa shape index (κ2) is 5.56. The number of ether oxygens (including phenoxy) is 1. The van der Waals surface area contributed by atoms with Crippen LogP contribution in [0.5, 0.6) is 0 Å². The summed E-state index contributed by atoms with van der Waals surface area (Å²) in [6.45, 7) is 0.296. The quantitative estimate of drug-likeness (QED) is 0.805. The molecule has 0 spiro atoms. The number of carbonyl (C=O) groups is 1. The molecule has 0 unspecified atom stereocenters. The molecule has 6 heteroatoms. The summed E-state index contributed by atoms with van der Waals surface area (Å²) in [4.78, 5) is 16.6. The van der Waals surface area contributed by atoms with Gasteiger partial charge in [0.2, 0.25) is 0 Å². The minimum Gasteiger partial charge on any atom is -0.447 e. The lowest BCUT2D eigenvalue weighted by Crippen LogP contribution is -2.27. The molecule has 78 valence electrons. The van der Waals surface area contributed by atoms with E-state index in [1.807, 2.05) is 5.38 Å². The average Bonchev–Trinajstić information content (AvgIpc) is 2.66. The van der Waals surface area contributed by atoms with Crippen LogP contribution in [-0.4, -0.2) is 41.3 Å². The normalized spacial score (nSPS) is 9.86. The van der Waals surface area contributed by atoms with Gasteiger partial charge >= 0.3 is 6.09 Å². The molecular weight excluding hydrogens is 204 g/mol. The van der Waals surface area contributed by atoms with Crippen LogP contribution in [0.4, 0.5) is 4.79 Å². The highest BCUT2D eigenvalue weighted by atomic mass is 32.1. The summed E-state index contributed by atoms with van der Waals surface area (Å²) in [6, 6.07) is 0. The number of amides is 1. The fourth-order valence-electron chi connectivity index (χ4n) is 0.866. The Bertz CT molecular complexity index is 276. The fraction of sp³-hybridized carbons (Fsp3) is 0.500. The Balaban J connectivity index is 2.34. The first-order chi connectivity index (χ1) is 6.74. The smallest absolute Gasteiger partial charge is 0.409 e. The van der Waals surface area contributed by atoms with E-state index < -0.39 is 6.09 Å². The minimum absolute atomic E-state index is 0.0280. The van der Waals surface area contributed by atoms with Gasteiger partial charge in [-0.15, -0.1) is 11.3 Å². The Morgan fingerprint density at radius 3 is 3.14 bits per heavy atom. The molecule has 1 N–H and O–H groups in total. The van der Waals surface area contributed by atoms with E-state index in [4.69, 9.17) is 9.84 Å². The molecule has 0 atom stereocenters. The van der Waals surface area contributed by atoms with Crippen LogP contribution in [0.3, 0.4) is 0 Å². The Morgan fingerprint density at radius 2 is 2.57 bits per heavy atom. The lowest BCUT2D eigenvalue weighted by molar-refractivity contribution is 0.0891. The number of carbonyl (C=O) groups excluding carboxylic acids is 1. The first-order valence-electron chi connectivity index (χ1n) is 4.10. The number of hydrogen-bond acceptors (Lipinski definition) is 5. The van der Waals surface area contributed by atoms with Crippen molar-refractivity contribution in [3.8, 4) is 0 Å². The van der Waals surface area contributed by atoms with E-state index in [1.165, 1.54) is 16.2 Å². The number of rotatable bonds is 4. The van der Waals surface area contributed by atoms with Crippen LogP contribution < -0.4 is 0 Å². The van der Waals surface area contributed by atoms with Crippen LogP contribution in [0.25, 0.3) is 0 Å². The Morgan fingerprint density at radius 1 is 1.79 bits per heavy atom. The molecule has 1 amide bonds. The molecule has 1 aromatic heterocycles. The standard InChI is InChI=1S/C8H12N2O3S/c1-10(8(12)13-3-2-11)4-7-5-14-6-9-7/h5-6,11H,2-4H2,1H3. The molecule has 0 aliphatic heterocycles. The zero-order valence-corrected chi connectivity index (χ0v) is 8.66. The predicted molar refractivity (Wildman–Crippen MR) is 52.0 cm³/mol. The lowest BCUT2D eigenvalue weighted by atomic mass is 10.4. The van der Waals surface area contributed by atoms with Crippen molar-refractivity contribution in [1.29, 1.82) is 0 Å². The van der Waals surface area contributed by atoms with Gasteiger partial charge in [-0.1, -0.05) is 0 Å². The van der Waals surface area contributed by atoms with Crippen LogP contribution in [0.2, 0.25) is 0 Å². The molecular formula is C8H12N2O3S. The molecule has 0 bridgehead atoms. The van der Waals surface area contributed by atoms with Crippen molar-refractivity contribution in [2.24, 2.45) is 0 Å². The van der Waals surface area contributed by atoms with Gasteiger partial charge in [0.15, 0.2) is 0 Å². The summed E-state index contributed by atoms with van der Waals surface area (Å²) in [6.07, 6.45) is -0.452. The number of aliphatic hydroxyl groups excluding tert-OH is 1. The highest BCUT2D eigenvalue weighted by Gasteiger charge is 2.10. The van der Waals surface area contributed by atoms with Crippen LogP contribution in [0.1, 0.15) is 5.69 Å². The first-order valence-corrected chi connectivity index (χ1v) is 5.04. The van der Waals surface area contributed by atoms with Crippen molar-refractivity contribution < 1.29 is 14.6 Å². The maximum Gasteiger partial charge on any atom is 0.409 e. The van der Waals surface area contributed by atoms with E-state index in [0.29, 0.717) is 6.54 Å². The van der Waals surface area contributed by atoms with E-state index in [9.17, 15) is 4.79 Å². The molecule has 0 saturated carbocycles. The SMILES string of the molecule is CN(Cc1cscn1)C(=O)OCCO. The maximum atomic E-state index is 11.2. The third-order valence-corrected chi connectivity index (χ3v) is 2.15. The molecule has 0 aliphatic rings. The highest BCUT2D eigenvalue weighted by Crippen LogP contribution is 2.04. The summed E-state index contributed by atoms with van der Waals surface area (Å²) in [5.74, 6) is 0. The van der Waals surface area contributed by atoms with Crippen LogP contribution in [-0.2, 0) is 11.3 Å². The fourth-order valence-corrected chi connectivity index (χ4v) is 1.42. The highest BCUT2D eigenvalue weighted by molar-refractivity contribution is 7.07. The molecule has 5 nitrogen and oxygen atoms in total. The molecule has 0 saturated heterocycles. The number of nitrogens with zero attached hydrogens (tertiary/aromatic N) is 2. The van der Waals surface area contributed by atoms with Gasteiger partial charge in [0, 0.05) is 12.4 Å². The topological polar surface area (TPSA) is 62.7 Å². The number of thiazole rings is 1. The molecule has 0 aliphatic carbocycles. The van der Waals surface area contributed by atoms with Gasteiger partial charge in [-0.05, 0) is 0 Å². The van der Waals surface area contributed by atoms with Crippen molar-refractivity contribution in [2.75, 3.05) is 20.3 Å². The number of aliphatic hydroxyl groups is 1. The second-order valence-electron chi connectivity index (χ2n) is 2.67. The Kier molecular flexibility index (Phi) is 4.34. The average molecular weight is 216 g/mol. The van der Waals surface area contributed by atoms with E-state index in [1.54, 1.807) is 12.6 Å². The van der Waals surface area contributed by atoms with Gasteiger partial charge in [-0.3, -0.25) is 0 Å². The van der Waals surface area contributed by atoms with Gasteiger partial charge in [0.1, 0.15) is 6.61 Å². The lowest BCUT2D eigenvalue weighted by Gasteiger charge is -2.14. The van der Waals surface area contributed by atoms with Gasteiger partial charge in [-0.25, -0.2) is 9.78 Å². The van der Waals surface area contributed by atoms with E-state index in [-0.39, 0.29) is 13.2 Å². The summed E-state index contributed by atoms with van der Waals surface area (Å²) in [7, 11) is 1.62. The monoisotopic (exact) mass is 216 g/mol. The predicted octanol–water partition coefficient (Wildman–Crippen LogP) is 0.704. The van der Waals surface area contributed by atoms with Gasteiger partial charge in [0.05, 0.1) is 24.4 Å². The van der Waals surface area contributed by atoms with Gasteiger partial charge in [-0.2, -0.15) is 0 Å². The molecule has 0 fully saturated rings. The van der Waals surface area contributed by atoms with Crippen LogP contribution in [0, 0.1) is 0 Å². The molecule has 1 rings (SSSR count). The Labute approximate surface area is 85.9 Å². The summed E-state index contributed by atoms with van der Waals surface area (Å²) < 4.78 is 4.71. The van der Waals surface area contributed by atoms with Gasteiger partial charge < -0.3 is 14.7 Å². The second-order valence-corrected chi connectivity index (χ2v) is 3.39. The molecule has 0 aromatic carbocycles. The summed E-state index contributed by atoms with van der Waals surface area (Å²) in [5, 5.41) is 10.3. The Hall–Kier alpha value is -1.14. The number of aromatic nitrogens is 1. The third kappa shape index (κ3) is 3.31. The number of hydrogen-bond donors (Lipinski definition) is 1. The first kappa shape index (κ1) is 10.9. The molecule has 1 heterocycles. The summed E-state index contributed by atoms with van der Waals surface area (Å²) in [5.41, 5.74) is 2.54. The molecule has 1 aromatic rings.